The zero-order valence-electron chi connectivity index (χ0n) is 9.35. The highest BCUT2D eigenvalue weighted by Gasteiger charge is 2.23. The van der Waals surface area contributed by atoms with Gasteiger partial charge in [-0.15, -0.1) is 3.89 Å². The topological polar surface area (TPSA) is 52.6 Å². The lowest BCUT2D eigenvalue weighted by atomic mass is 10.1. The van der Waals surface area contributed by atoms with Crippen LogP contribution in [0.15, 0.2) is 18.2 Å². The van der Waals surface area contributed by atoms with Crippen molar-refractivity contribution in [1.82, 2.24) is 0 Å². The molecule has 4 nitrogen and oxygen atoms in total. The Hall–Kier alpha value is -1.30. The third kappa shape index (κ3) is 2.69. The summed E-state index contributed by atoms with van der Waals surface area (Å²) in [5.74, 6) is 1.03. The van der Waals surface area contributed by atoms with Gasteiger partial charge in [-0.25, -0.2) is 0 Å². The standard InChI is InChI=1S/C11H13FO4S/c1-8(17(12,13)14)9-3-4-10-11(7-9)16-6-2-5-15-10/h3-4,7-8H,2,5-6H2,1H3. The van der Waals surface area contributed by atoms with Gasteiger partial charge in [0.15, 0.2) is 11.5 Å². The molecule has 2 rings (SSSR count). The Labute approximate surface area is 99.6 Å². The van der Waals surface area contributed by atoms with E-state index in [0.717, 1.165) is 6.42 Å². The van der Waals surface area contributed by atoms with Gasteiger partial charge in [0.2, 0.25) is 0 Å². The third-order valence-corrected chi connectivity index (χ3v) is 3.78. The molecule has 0 amide bonds. The van der Waals surface area contributed by atoms with Crippen LogP contribution in [0.5, 0.6) is 11.5 Å². The monoisotopic (exact) mass is 260 g/mol. The molecule has 0 fully saturated rings. The van der Waals surface area contributed by atoms with Crippen LogP contribution in [0.25, 0.3) is 0 Å². The predicted octanol–water partition coefficient (Wildman–Crippen LogP) is 2.21. The highest BCUT2D eigenvalue weighted by Crippen LogP contribution is 2.34. The summed E-state index contributed by atoms with van der Waals surface area (Å²) >= 11 is 0. The van der Waals surface area contributed by atoms with E-state index in [0.29, 0.717) is 30.3 Å². The molecule has 1 unspecified atom stereocenters. The molecule has 0 aromatic heterocycles. The smallest absolute Gasteiger partial charge is 0.309 e. The summed E-state index contributed by atoms with van der Waals surface area (Å²) in [5.41, 5.74) is 0.358. The van der Waals surface area contributed by atoms with Crippen molar-refractivity contribution >= 4 is 10.2 Å². The fourth-order valence-electron chi connectivity index (χ4n) is 1.60. The van der Waals surface area contributed by atoms with E-state index in [4.69, 9.17) is 9.47 Å². The maximum absolute atomic E-state index is 12.9. The lowest BCUT2D eigenvalue weighted by molar-refractivity contribution is 0.297. The van der Waals surface area contributed by atoms with E-state index in [1.54, 1.807) is 6.07 Å². The molecule has 0 bridgehead atoms. The summed E-state index contributed by atoms with van der Waals surface area (Å²) in [7, 11) is -4.59. The van der Waals surface area contributed by atoms with Crippen LogP contribution >= 0.6 is 0 Å². The van der Waals surface area contributed by atoms with Gasteiger partial charge in [-0.2, -0.15) is 8.42 Å². The van der Waals surface area contributed by atoms with Crippen LogP contribution in [-0.2, 0) is 10.2 Å². The molecule has 0 radical (unpaired) electrons. The van der Waals surface area contributed by atoms with Crippen LogP contribution in [0.1, 0.15) is 24.2 Å². The summed E-state index contributed by atoms with van der Waals surface area (Å²) in [6.45, 7) is 2.37. The molecule has 0 saturated carbocycles. The molecule has 0 N–H and O–H groups in total. The van der Waals surface area contributed by atoms with Crippen molar-refractivity contribution in [1.29, 1.82) is 0 Å². The van der Waals surface area contributed by atoms with Gasteiger partial charge in [-0.05, 0) is 24.6 Å². The van der Waals surface area contributed by atoms with E-state index < -0.39 is 15.5 Å². The van der Waals surface area contributed by atoms with E-state index in [1.165, 1.54) is 19.1 Å². The van der Waals surface area contributed by atoms with Gasteiger partial charge in [-0.1, -0.05) is 6.07 Å². The Morgan fingerprint density at radius 2 is 1.88 bits per heavy atom. The van der Waals surface area contributed by atoms with Gasteiger partial charge in [0, 0.05) is 6.42 Å². The lowest BCUT2D eigenvalue weighted by Gasteiger charge is -2.11. The second-order valence-corrected chi connectivity index (χ2v) is 5.53. The fourth-order valence-corrected chi connectivity index (χ4v) is 2.07. The molecule has 94 valence electrons. The molecule has 1 aromatic rings. The summed E-state index contributed by atoms with van der Waals surface area (Å²) in [6, 6.07) is 4.66. The van der Waals surface area contributed by atoms with Crippen molar-refractivity contribution in [2.75, 3.05) is 13.2 Å². The van der Waals surface area contributed by atoms with Gasteiger partial charge in [0.25, 0.3) is 0 Å². The molecule has 1 aliphatic rings. The lowest BCUT2D eigenvalue weighted by Crippen LogP contribution is -2.04. The molecular formula is C11H13FO4S. The maximum atomic E-state index is 12.9. The first-order valence-corrected chi connectivity index (χ1v) is 6.76. The van der Waals surface area contributed by atoms with Crippen LogP contribution in [0.4, 0.5) is 3.89 Å². The van der Waals surface area contributed by atoms with Crippen molar-refractivity contribution in [2.45, 2.75) is 18.6 Å². The van der Waals surface area contributed by atoms with Gasteiger partial charge in [-0.3, -0.25) is 0 Å². The van der Waals surface area contributed by atoms with Crippen LogP contribution in [-0.4, -0.2) is 21.6 Å². The summed E-state index contributed by atoms with van der Waals surface area (Å²) < 4.78 is 45.3. The second-order valence-electron chi connectivity index (χ2n) is 3.87. The quantitative estimate of drug-likeness (QED) is 0.765. The van der Waals surface area contributed by atoms with Crippen LogP contribution in [0.3, 0.4) is 0 Å². The number of fused-ring (bicyclic) bond motifs is 1. The zero-order chi connectivity index (χ0) is 12.5. The molecule has 0 aliphatic carbocycles. The predicted molar refractivity (Wildman–Crippen MR) is 60.5 cm³/mol. The number of hydrogen-bond donors (Lipinski definition) is 0. The van der Waals surface area contributed by atoms with E-state index >= 15 is 0 Å². The molecule has 0 spiro atoms. The average Bonchev–Trinajstić information content (AvgIpc) is 2.50. The second kappa shape index (κ2) is 4.52. The summed E-state index contributed by atoms with van der Waals surface area (Å²) in [6.07, 6.45) is 0.765. The van der Waals surface area contributed by atoms with Gasteiger partial charge >= 0.3 is 10.2 Å². The number of ether oxygens (including phenoxy) is 2. The first-order chi connectivity index (χ1) is 7.98. The Morgan fingerprint density at radius 1 is 1.24 bits per heavy atom. The normalized spacial score (nSPS) is 17.3. The van der Waals surface area contributed by atoms with E-state index in [-0.39, 0.29) is 0 Å². The van der Waals surface area contributed by atoms with Crippen molar-refractivity contribution < 1.29 is 21.8 Å². The van der Waals surface area contributed by atoms with Gasteiger partial charge < -0.3 is 9.47 Å². The molecule has 17 heavy (non-hydrogen) atoms. The summed E-state index contributed by atoms with van der Waals surface area (Å²) in [4.78, 5) is 0. The van der Waals surface area contributed by atoms with Crippen LogP contribution in [0, 0.1) is 0 Å². The number of benzene rings is 1. The van der Waals surface area contributed by atoms with Crippen molar-refractivity contribution in [2.24, 2.45) is 0 Å². The third-order valence-electron chi connectivity index (χ3n) is 2.66. The Bertz CT molecular complexity index is 512. The Balaban J connectivity index is 2.36. The number of rotatable bonds is 2. The highest BCUT2D eigenvalue weighted by molar-refractivity contribution is 7.86. The van der Waals surface area contributed by atoms with Crippen molar-refractivity contribution in [3.8, 4) is 11.5 Å². The molecule has 1 atom stereocenters. The minimum Gasteiger partial charge on any atom is -0.490 e. The first kappa shape index (κ1) is 12.2. The van der Waals surface area contributed by atoms with Crippen LogP contribution < -0.4 is 9.47 Å². The SMILES string of the molecule is CC(c1ccc2c(c1)OCCCO2)S(=O)(=O)F. The van der Waals surface area contributed by atoms with Crippen molar-refractivity contribution in [3.63, 3.8) is 0 Å². The first-order valence-electron chi connectivity index (χ1n) is 5.31. The van der Waals surface area contributed by atoms with Crippen molar-refractivity contribution in [3.05, 3.63) is 23.8 Å². The molecule has 6 heteroatoms. The fraction of sp³-hybridized carbons (Fsp3) is 0.455. The number of halogens is 1. The Morgan fingerprint density at radius 3 is 2.53 bits per heavy atom. The maximum Gasteiger partial charge on any atom is 0.309 e. The molecular weight excluding hydrogens is 247 g/mol. The molecule has 1 aliphatic heterocycles. The Kier molecular flexibility index (Phi) is 3.24. The molecule has 0 saturated heterocycles. The average molecular weight is 260 g/mol. The van der Waals surface area contributed by atoms with Crippen LogP contribution in [0.2, 0.25) is 0 Å². The molecule has 1 aromatic carbocycles. The highest BCUT2D eigenvalue weighted by atomic mass is 32.3. The van der Waals surface area contributed by atoms with Gasteiger partial charge in [0.1, 0.15) is 5.25 Å². The minimum atomic E-state index is -4.59. The van der Waals surface area contributed by atoms with Gasteiger partial charge in [0.05, 0.1) is 13.2 Å². The van der Waals surface area contributed by atoms with E-state index in [2.05, 4.69) is 0 Å². The largest absolute Gasteiger partial charge is 0.490 e. The number of hydrogen-bond acceptors (Lipinski definition) is 4. The van der Waals surface area contributed by atoms with E-state index in [9.17, 15) is 12.3 Å². The molecule has 1 heterocycles. The minimum absolute atomic E-state index is 0.358. The summed E-state index contributed by atoms with van der Waals surface area (Å²) in [5, 5.41) is -1.19. The van der Waals surface area contributed by atoms with E-state index in [1.807, 2.05) is 0 Å². The zero-order valence-corrected chi connectivity index (χ0v) is 10.2.